The van der Waals surface area contributed by atoms with Crippen LogP contribution in [0.4, 0.5) is 5.82 Å². The molecule has 2 aliphatic heterocycles. The lowest BCUT2D eigenvalue weighted by Crippen LogP contribution is -2.30. The van der Waals surface area contributed by atoms with Gasteiger partial charge in [-0.1, -0.05) is 37.6 Å². The lowest BCUT2D eigenvalue weighted by Gasteiger charge is -2.29. The highest BCUT2D eigenvalue weighted by Gasteiger charge is 2.47. The molecule has 28 heavy (non-hydrogen) atoms. The van der Waals surface area contributed by atoms with E-state index >= 15 is 0 Å². The summed E-state index contributed by atoms with van der Waals surface area (Å²) in [5, 5.41) is 0. The molecular weight excluding hydrogens is 391 g/mol. The lowest BCUT2D eigenvalue weighted by molar-refractivity contribution is 0.279. The van der Waals surface area contributed by atoms with Gasteiger partial charge < -0.3 is 4.90 Å². The van der Waals surface area contributed by atoms with Crippen LogP contribution in [0.1, 0.15) is 41.9 Å². The van der Waals surface area contributed by atoms with Gasteiger partial charge in [-0.15, -0.1) is 24.8 Å². The van der Waals surface area contributed by atoms with Crippen molar-refractivity contribution >= 4 is 30.6 Å². The number of hydrogen-bond donors (Lipinski definition) is 0. The van der Waals surface area contributed by atoms with Crippen molar-refractivity contribution in [1.82, 2.24) is 14.9 Å². The van der Waals surface area contributed by atoms with E-state index < -0.39 is 0 Å². The first-order chi connectivity index (χ1) is 12.6. The summed E-state index contributed by atoms with van der Waals surface area (Å²) in [5.74, 6) is 3.45. The normalized spacial score (nSPS) is 23.9. The molecule has 6 heteroatoms. The highest BCUT2D eigenvalue weighted by atomic mass is 35.5. The minimum Gasteiger partial charge on any atom is -0.356 e. The van der Waals surface area contributed by atoms with Crippen LogP contribution in [0.25, 0.3) is 0 Å². The summed E-state index contributed by atoms with van der Waals surface area (Å²) in [6, 6.07) is 9.41. The highest BCUT2D eigenvalue weighted by Crippen LogP contribution is 2.45. The molecule has 0 N–H and O–H groups in total. The number of rotatable bonds is 4. The fourth-order valence-electron chi connectivity index (χ4n) is 5.02. The topological polar surface area (TPSA) is 32.3 Å². The predicted molar refractivity (Wildman–Crippen MR) is 121 cm³/mol. The van der Waals surface area contributed by atoms with Crippen molar-refractivity contribution in [2.75, 3.05) is 31.6 Å². The molecular formula is C22H32Cl2N4. The molecule has 1 aromatic heterocycles. The molecule has 3 heterocycles. The fraction of sp³-hybridized carbons (Fsp3) is 0.545. The van der Waals surface area contributed by atoms with Gasteiger partial charge in [0.2, 0.25) is 0 Å². The minimum atomic E-state index is 0. The Morgan fingerprint density at radius 1 is 1.07 bits per heavy atom. The first-order valence-corrected chi connectivity index (χ1v) is 9.91. The summed E-state index contributed by atoms with van der Waals surface area (Å²) in [4.78, 5) is 14.4. The Morgan fingerprint density at radius 3 is 2.54 bits per heavy atom. The summed E-state index contributed by atoms with van der Waals surface area (Å²) < 4.78 is 0. The quantitative estimate of drug-likeness (QED) is 0.718. The van der Waals surface area contributed by atoms with Crippen LogP contribution in [-0.4, -0.2) is 41.5 Å². The Morgan fingerprint density at radius 2 is 1.82 bits per heavy atom. The Kier molecular flexibility index (Phi) is 7.72. The summed E-state index contributed by atoms with van der Waals surface area (Å²) in [7, 11) is 2.29. The molecule has 0 aliphatic carbocycles. The molecule has 2 aromatic rings. The highest BCUT2D eigenvalue weighted by molar-refractivity contribution is 5.85. The Hall–Kier alpha value is -1.36. The third kappa shape index (κ3) is 4.14. The monoisotopic (exact) mass is 422 g/mol. The zero-order valence-electron chi connectivity index (χ0n) is 17.3. The van der Waals surface area contributed by atoms with E-state index in [0.29, 0.717) is 17.9 Å². The van der Waals surface area contributed by atoms with Gasteiger partial charge in [0.25, 0.3) is 0 Å². The standard InChI is InChI=1S/C22H30N4.2ClH/c1-5-8-17-11-23-16(3)24-22(17)26-13-18-12-25(4)21(20(18)14-26)19-10-7-6-9-15(19)2;;/h6-7,9-11,18,20-21H,5,8,12-14H2,1-4H3;2*1H/t18-,20+,21+;;/m0../s1. The maximum Gasteiger partial charge on any atom is 0.135 e. The molecule has 0 spiro atoms. The van der Waals surface area contributed by atoms with Gasteiger partial charge >= 0.3 is 0 Å². The molecule has 4 rings (SSSR count). The minimum absolute atomic E-state index is 0. The van der Waals surface area contributed by atoms with Crippen molar-refractivity contribution in [2.45, 2.75) is 39.7 Å². The number of anilines is 1. The number of aromatic nitrogens is 2. The maximum absolute atomic E-state index is 4.84. The van der Waals surface area contributed by atoms with Gasteiger partial charge in [0, 0.05) is 43.4 Å². The van der Waals surface area contributed by atoms with Crippen LogP contribution in [0.15, 0.2) is 30.5 Å². The van der Waals surface area contributed by atoms with Crippen molar-refractivity contribution < 1.29 is 0 Å². The van der Waals surface area contributed by atoms with E-state index in [4.69, 9.17) is 4.98 Å². The molecule has 1 aromatic carbocycles. The number of halogens is 2. The van der Waals surface area contributed by atoms with Crippen LogP contribution < -0.4 is 4.90 Å². The van der Waals surface area contributed by atoms with E-state index in [0.717, 1.165) is 31.8 Å². The van der Waals surface area contributed by atoms with E-state index in [-0.39, 0.29) is 24.8 Å². The summed E-state index contributed by atoms with van der Waals surface area (Å²) >= 11 is 0. The summed E-state index contributed by atoms with van der Waals surface area (Å²) in [6.45, 7) is 9.86. The third-order valence-corrected chi connectivity index (χ3v) is 6.18. The second kappa shape index (κ2) is 9.43. The number of benzene rings is 1. The number of likely N-dealkylation sites (tertiary alicyclic amines) is 1. The van der Waals surface area contributed by atoms with Crippen molar-refractivity contribution in [3.63, 3.8) is 0 Å². The van der Waals surface area contributed by atoms with Gasteiger partial charge in [-0.3, -0.25) is 4.90 Å². The Labute approximate surface area is 181 Å². The second-order valence-corrected chi connectivity index (χ2v) is 8.09. The number of aryl methyl sites for hydroxylation is 3. The lowest BCUT2D eigenvalue weighted by atomic mass is 9.88. The van der Waals surface area contributed by atoms with Gasteiger partial charge in [-0.25, -0.2) is 9.97 Å². The molecule has 3 atom stereocenters. The molecule has 0 amide bonds. The van der Waals surface area contributed by atoms with Crippen LogP contribution in [0.5, 0.6) is 0 Å². The SMILES string of the molecule is CCCc1cnc(C)nc1N1C[C@@H]2CN(C)[C@H](c3ccccc3C)[C@@H]2C1.Cl.Cl. The molecule has 2 aliphatic rings. The van der Waals surface area contributed by atoms with Gasteiger partial charge in [0.15, 0.2) is 0 Å². The van der Waals surface area contributed by atoms with Gasteiger partial charge in [-0.2, -0.15) is 0 Å². The number of hydrogen-bond acceptors (Lipinski definition) is 4. The van der Waals surface area contributed by atoms with Crippen LogP contribution in [0.2, 0.25) is 0 Å². The largest absolute Gasteiger partial charge is 0.356 e. The fourth-order valence-corrected chi connectivity index (χ4v) is 5.02. The van der Waals surface area contributed by atoms with Gasteiger partial charge in [0.05, 0.1) is 0 Å². The Balaban J connectivity index is 0.00000140. The Bertz CT molecular complexity index is 798. The second-order valence-electron chi connectivity index (χ2n) is 8.09. The first kappa shape index (κ1) is 22.9. The van der Waals surface area contributed by atoms with E-state index in [1.807, 2.05) is 13.1 Å². The van der Waals surface area contributed by atoms with Crippen molar-refractivity contribution in [3.05, 3.63) is 53.0 Å². The summed E-state index contributed by atoms with van der Waals surface area (Å²) in [6.07, 6.45) is 4.23. The number of fused-ring (bicyclic) bond motifs is 1. The molecule has 0 radical (unpaired) electrons. The third-order valence-electron chi connectivity index (χ3n) is 6.18. The predicted octanol–water partition coefficient (Wildman–Crippen LogP) is 4.63. The van der Waals surface area contributed by atoms with Crippen LogP contribution >= 0.6 is 24.8 Å². The maximum atomic E-state index is 4.84. The van der Waals surface area contributed by atoms with E-state index in [1.54, 1.807) is 0 Å². The molecule has 4 nitrogen and oxygen atoms in total. The van der Waals surface area contributed by atoms with E-state index in [9.17, 15) is 0 Å². The van der Waals surface area contributed by atoms with Crippen molar-refractivity contribution in [2.24, 2.45) is 11.8 Å². The molecule has 0 saturated carbocycles. The van der Waals surface area contributed by atoms with Gasteiger partial charge in [-0.05, 0) is 44.4 Å². The average molecular weight is 423 g/mol. The average Bonchev–Trinajstić information content (AvgIpc) is 3.14. The molecule has 2 fully saturated rings. The molecule has 0 bridgehead atoms. The van der Waals surface area contributed by atoms with Crippen LogP contribution in [0.3, 0.4) is 0 Å². The van der Waals surface area contributed by atoms with Crippen molar-refractivity contribution in [1.29, 1.82) is 0 Å². The zero-order valence-corrected chi connectivity index (χ0v) is 18.9. The summed E-state index contributed by atoms with van der Waals surface area (Å²) in [5.41, 5.74) is 4.21. The molecule has 2 saturated heterocycles. The number of nitrogens with zero attached hydrogens (tertiary/aromatic N) is 4. The smallest absolute Gasteiger partial charge is 0.135 e. The molecule has 0 unspecified atom stereocenters. The van der Waals surface area contributed by atoms with E-state index in [2.05, 4.69) is 59.9 Å². The van der Waals surface area contributed by atoms with Crippen LogP contribution in [0, 0.1) is 25.7 Å². The van der Waals surface area contributed by atoms with Crippen LogP contribution in [-0.2, 0) is 6.42 Å². The zero-order chi connectivity index (χ0) is 18.3. The van der Waals surface area contributed by atoms with Gasteiger partial charge in [0.1, 0.15) is 11.6 Å². The first-order valence-electron chi connectivity index (χ1n) is 9.91. The van der Waals surface area contributed by atoms with Crippen molar-refractivity contribution in [3.8, 4) is 0 Å². The molecule has 154 valence electrons. The van der Waals surface area contributed by atoms with E-state index in [1.165, 1.54) is 29.1 Å².